The summed E-state index contributed by atoms with van der Waals surface area (Å²) in [5, 5.41) is 3.83. The van der Waals surface area contributed by atoms with E-state index < -0.39 is 21.7 Å². The predicted molar refractivity (Wildman–Crippen MR) is 74.4 cm³/mol. The number of esters is 1. The first-order valence-corrected chi connectivity index (χ1v) is 8.98. The number of ether oxygens (including phenoxy) is 1. The largest absolute Gasteiger partial charge is 0.465 e. The highest BCUT2D eigenvalue weighted by molar-refractivity contribution is 7.91. The Morgan fingerprint density at radius 2 is 2.24 bits per heavy atom. The van der Waals surface area contributed by atoms with Gasteiger partial charge in [-0.05, 0) is 25.7 Å². The maximum atomic E-state index is 12.2. The van der Waals surface area contributed by atoms with Crippen molar-refractivity contribution < 1.29 is 22.5 Å². The van der Waals surface area contributed by atoms with Crippen molar-refractivity contribution in [1.82, 2.24) is 10.1 Å². The third-order valence-corrected chi connectivity index (χ3v) is 5.30. The van der Waals surface area contributed by atoms with E-state index in [2.05, 4.69) is 10.1 Å². The lowest BCUT2D eigenvalue weighted by atomic mass is 9.91. The van der Waals surface area contributed by atoms with Crippen LogP contribution in [0.5, 0.6) is 0 Å². The number of hydrogen-bond donors (Lipinski definition) is 0. The normalized spacial score (nSPS) is 22.1. The molecule has 1 aromatic rings. The molecule has 21 heavy (non-hydrogen) atoms. The number of hydrogen-bond acceptors (Lipinski definition) is 7. The summed E-state index contributed by atoms with van der Waals surface area (Å²) in [4.78, 5) is 16.4. The fourth-order valence-corrected chi connectivity index (χ4v) is 4.37. The molecule has 2 unspecified atom stereocenters. The van der Waals surface area contributed by atoms with Gasteiger partial charge in [0.05, 0.1) is 18.1 Å². The maximum Gasteiger partial charge on any atom is 0.318 e. The minimum absolute atomic E-state index is 0.0397. The zero-order chi connectivity index (χ0) is 15.5. The first kappa shape index (κ1) is 15.9. The average Bonchev–Trinajstić information content (AvgIpc) is 2.98. The molecule has 0 aromatic carbocycles. The molecule has 0 bridgehead atoms. The second-order valence-corrected chi connectivity index (χ2v) is 7.42. The molecule has 0 aliphatic carbocycles. The molecule has 1 fully saturated rings. The first-order chi connectivity index (χ1) is 9.96. The number of carbonyl (C=O) groups excluding carboxylic acids is 1. The molecule has 0 amide bonds. The van der Waals surface area contributed by atoms with Crippen molar-refractivity contribution in [3.05, 3.63) is 11.7 Å². The number of rotatable bonds is 6. The minimum Gasteiger partial charge on any atom is -0.465 e. The Labute approximate surface area is 124 Å². The monoisotopic (exact) mass is 316 g/mol. The van der Waals surface area contributed by atoms with Crippen LogP contribution in [0.2, 0.25) is 0 Å². The lowest BCUT2D eigenvalue weighted by Gasteiger charge is -2.16. The van der Waals surface area contributed by atoms with Crippen LogP contribution in [0, 0.1) is 5.92 Å². The summed E-state index contributed by atoms with van der Waals surface area (Å²) in [7, 11) is -3.10. The fraction of sp³-hybridized carbons (Fsp3) is 0.769. The molecule has 8 heteroatoms. The smallest absolute Gasteiger partial charge is 0.318 e. The number of sulfone groups is 1. The molecule has 0 N–H and O–H groups in total. The van der Waals surface area contributed by atoms with Gasteiger partial charge < -0.3 is 9.26 Å². The lowest BCUT2D eigenvalue weighted by molar-refractivity contribution is -0.146. The molecule has 2 rings (SSSR count). The van der Waals surface area contributed by atoms with E-state index in [0.717, 1.165) is 6.42 Å². The molecule has 1 aliphatic heterocycles. The van der Waals surface area contributed by atoms with Crippen molar-refractivity contribution in [1.29, 1.82) is 0 Å². The van der Waals surface area contributed by atoms with Crippen molar-refractivity contribution in [3.8, 4) is 0 Å². The summed E-state index contributed by atoms with van der Waals surface area (Å²) in [5.41, 5.74) is 0. The van der Waals surface area contributed by atoms with E-state index in [4.69, 9.17) is 9.26 Å². The quantitative estimate of drug-likeness (QED) is 0.725. The van der Waals surface area contributed by atoms with Crippen LogP contribution in [-0.2, 0) is 25.8 Å². The van der Waals surface area contributed by atoms with Crippen molar-refractivity contribution in [2.24, 2.45) is 5.92 Å². The van der Waals surface area contributed by atoms with Crippen LogP contribution in [0.4, 0.5) is 0 Å². The van der Waals surface area contributed by atoms with Crippen LogP contribution in [0.1, 0.15) is 44.3 Å². The van der Waals surface area contributed by atoms with Crippen LogP contribution in [0.3, 0.4) is 0 Å². The van der Waals surface area contributed by atoms with Gasteiger partial charge >= 0.3 is 5.97 Å². The van der Waals surface area contributed by atoms with Gasteiger partial charge in [0, 0.05) is 6.42 Å². The molecular weight excluding hydrogens is 296 g/mol. The molecule has 1 saturated heterocycles. The maximum absolute atomic E-state index is 12.2. The summed E-state index contributed by atoms with van der Waals surface area (Å²) in [6.07, 6.45) is 1.93. The molecule has 118 valence electrons. The predicted octanol–water partition coefficient (Wildman–Crippen LogP) is 1.10. The summed E-state index contributed by atoms with van der Waals surface area (Å²) in [5.74, 6) is -0.900. The number of aryl methyl sites for hydroxylation is 1. The van der Waals surface area contributed by atoms with Crippen LogP contribution in [0.15, 0.2) is 4.52 Å². The van der Waals surface area contributed by atoms with Gasteiger partial charge in [0.2, 0.25) is 5.89 Å². The van der Waals surface area contributed by atoms with Crippen LogP contribution < -0.4 is 0 Å². The van der Waals surface area contributed by atoms with E-state index in [9.17, 15) is 13.2 Å². The minimum atomic E-state index is -3.10. The van der Waals surface area contributed by atoms with E-state index in [1.54, 1.807) is 6.92 Å². The van der Waals surface area contributed by atoms with Gasteiger partial charge in [-0.25, -0.2) is 8.42 Å². The molecule has 2 heterocycles. The molecule has 1 aromatic heterocycles. The highest BCUT2D eigenvalue weighted by Gasteiger charge is 2.42. The van der Waals surface area contributed by atoms with Crippen LogP contribution >= 0.6 is 0 Å². The van der Waals surface area contributed by atoms with Gasteiger partial charge in [-0.15, -0.1) is 0 Å². The van der Waals surface area contributed by atoms with E-state index >= 15 is 0 Å². The summed E-state index contributed by atoms with van der Waals surface area (Å²) in [6.45, 7) is 3.92. The summed E-state index contributed by atoms with van der Waals surface area (Å²) < 4.78 is 33.5. The fourth-order valence-electron chi connectivity index (χ4n) is 2.53. The number of carbonyl (C=O) groups is 1. The molecule has 0 saturated carbocycles. The van der Waals surface area contributed by atoms with E-state index in [-0.39, 0.29) is 29.9 Å². The highest BCUT2D eigenvalue weighted by atomic mass is 32.2. The van der Waals surface area contributed by atoms with E-state index in [1.165, 1.54) is 0 Å². The second-order valence-electron chi connectivity index (χ2n) is 5.19. The van der Waals surface area contributed by atoms with Crippen molar-refractivity contribution in [2.75, 3.05) is 18.1 Å². The van der Waals surface area contributed by atoms with Crippen molar-refractivity contribution in [3.63, 3.8) is 0 Å². The number of nitrogens with zero attached hydrogens (tertiary/aromatic N) is 2. The van der Waals surface area contributed by atoms with Crippen LogP contribution in [-0.4, -0.2) is 42.6 Å². The second kappa shape index (κ2) is 6.55. The highest BCUT2D eigenvalue weighted by Crippen LogP contribution is 2.33. The standard InChI is InChI=1S/C13H20N2O5S/c1-3-5-10-14-12(20-15-10)11(13(16)19-4-2)9-6-7-21(17,18)8-9/h9,11H,3-8H2,1-2H3. The van der Waals surface area contributed by atoms with E-state index in [1.807, 2.05) is 6.92 Å². The Morgan fingerprint density at radius 1 is 1.48 bits per heavy atom. The van der Waals surface area contributed by atoms with Gasteiger partial charge in [-0.3, -0.25) is 4.79 Å². The average molecular weight is 316 g/mol. The Balaban J connectivity index is 2.25. The molecule has 2 atom stereocenters. The molecule has 0 spiro atoms. The lowest BCUT2D eigenvalue weighted by Crippen LogP contribution is -2.25. The molecule has 0 radical (unpaired) electrons. The van der Waals surface area contributed by atoms with Gasteiger partial charge in [0.1, 0.15) is 5.92 Å². The Hall–Kier alpha value is -1.44. The van der Waals surface area contributed by atoms with Gasteiger partial charge in [0.15, 0.2) is 15.7 Å². The van der Waals surface area contributed by atoms with Crippen molar-refractivity contribution >= 4 is 15.8 Å². The van der Waals surface area contributed by atoms with E-state index in [0.29, 0.717) is 18.7 Å². The third kappa shape index (κ3) is 3.81. The molecular formula is C13H20N2O5S. The summed E-state index contributed by atoms with van der Waals surface area (Å²) >= 11 is 0. The third-order valence-electron chi connectivity index (χ3n) is 3.50. The zero-order valence-corrected chi connectivity index (χ0v) is 13.1. The Kier molecular flexibility index (Phi) is 4.97. The molecule has 7 nitrogen and oxygen atoms in total. The number of aromatic nitrogens is 2. The van der Waals surface area contributed by atoms with Gasteiger partial charge in [0.25, 0.3) is 0 Å². The van der Waals surface area contributed by atoms with Gasteiger partial charge in [-0.1, -0.05) is 12.1 Å². The Bertz CT molecular complexity index is 595. The Morgan fingerprint density at radius 3 is 2.81 bits per heavy atom. The van der Waals surface area contributed by atoms with Gasteiger partial charge in [-0.2, -0.15) is 4.98 Å². The SMILES string of the molecule is CCCc1noc(C(C(=O)OCC)C2CCS(=O)(=O)C2)n1. The first-order valence-electron chi connectivity index (χ1n) is 7.16. The van der Waals surface area contributed by atoms with Crippen LogP contribution in [0.25, 0.3) is 0 Å². The molecule has 1 aliphatic rings. The zero-order valence-electron chi connectivity index (χ0n) is 12.2. The topological polar surface area (TPSA) is 99.4 Å². The van der Waals surface area contributed by atoms with Crippen molar-refractivity contribution in [2.45, 2.75) is 39.0 Å². The summed E-state index contributed by atoms with van der Waals surface area (Å²) in [6, 6.07) is 0.